The summed E-state index contributed by atoms with van der Waals surface area (Å²) in [5.41, 5.74) is 1.64. The van der Waals surface area contributed by atoms with E-state index in [-0.39, 0.29) is 11.3 Å². The van der Waals surface area contributed by atoms with Gasteiger partial charge in [0.1, 0.15) is 12.0 Å². The molecule has 31 heavy (non-hydrogen) atoms. The Balaban J connectivity index is 1.77. The first-order valence-electron chi connectivity index (χ1n) is 9.31. The summed E-state index contributed by atoms with van der Waals surface area (Å²) >= 11 is 0. The Morgan fingerprint density at radius 1 is 0.968 bits per heavy atom. The highest BCUT2D eigenvalue weighted by atomic mass is 35.7. The Bertz CT molecular complexity index is 1120. The van der Waals surface area contributed by atoms with Gasteiger partial charge in [-0.2, -0.15) is 0 Å². The lowest BCUT2D eigenvalue weighted by atomic mass is 10.0. The summed E-state index contributed by atoms with van der Waals surface area (Å²) in [6.45, 7) is 0. The molecular weight excluding hydrogens is 443 g/mol. The molecule has 9 heteroatoms. The van der Waals surface area contributed by atoms with Gasteiger partial charge >= 0.3 is 0 Å². The zero-order chi connectivity index (χ0) is 22.4. The highest BCUT2D eigenvalue weighted by Gasteiger charge is 2.23. The monoisotopic (exact) mass is 462 g/mol. The molecule has 0 saturated carbocycles. The number of carbonyl (C=O) groups excluding carboxylic acids is 1. The highest BCUT2D eigenvalue weighted by molar-refractivity contribution is 8.13. The second-order valence-electron chi connectivity index (χ2n) is 6.81. The molecule has 0 heterocycles. The Labute approximate surface area is 184 Å². The van der Waals surface area contributed by atoms with Gasteiger partial charge in [-0.05, 0) is 53.9 Å². The van der Waals surface area contributed by atoms with Crippen LogP contribution < -0.4 is 10.6 Å². The lowest BCUT2D eigenvalue weighted by Crippen LogP contribution is -2.44. The highest BCUT2D eigenvalue weighted by Crippen LogP contribution is 2.19. The number of aliphatic hydroxyl groups is 1. The van der Waals surface area contributed by atoms with Crippen LogP contribution in [0.1, 0.15) is 17.4 Å². The number of benzene rings is 3. The van der Waals surface area contributed by atoms with E-state index < -0.39 is 33.0 Å². The van der Waals surface area contributed by atoms with E-state index in [0.717, 1.165) is 5.56 Å². The van der Waals surface area contributed by atoms with Gasteiger partial charge in [0.05, 0.1) is 10.9 Å². The first-order chi connectivity index (χ1) is 14.7. The largest absolute Gasteiger partial charge is 0.374 e. The minimum atomic E-state index is -3.87. The molecule has 0 saturated heterocycles. The van der Waals surface area contributed by atoms with Crippen LogP contribution in [-0.2, 0) is 20.3 Å². The molecule has 0 aliphatic heterocycles. The second kappa shape index (κ2) is 10.0. The van der Waals surface area contributed by atoms with Crippen LogP contribution in [-0.4, -0.2) is 25.5 Å². The minimum Gasteiger partial charge on any atom is -0.374 e. The van der Waals surface area contributed by atoms with E-state index in [0.29, 0.717) is 11.3 Å². The molecule has 3 N–H and O–H groups in total. The fraction of sp³-hybridized carbons (Fsp3) is 0.136. The number of carbonyl (C=O) groups is 1. The number of amides is 1. The summed E-state index contributed by atoms with van der Waals surface area (Å²) in [7, 11) is 1.44. The molecule has 2 atom stereocenters. The molecule has 0 aliphatic rings. The second-order valence-corrected chi connectivity index (χ2v) is 9.38. The average Bonchev–Trinajstić information content (AvgIpc) is 2.74. The summed E-state index contributed by atoms with van der Waals surface area (Å²) < 4.78 is 35.9. The molecular formula is C22H20ClFN2O4S. The van der Waals surface area contributed by atoms with Gasteiger partial charge in [0.15, 0.2) is 0 Å². The number of anilines is 1. The third kappa shape index (κ3) is 6.60. The van der Waals surface area contributed by atoms with Crippen LogP contribution in [0.3, 0.4) is 0 Å². The Hall–Kier alpha value is -2.78. The average molecular weight is 463 g/mol. The maximum atomic E-state index is 13.2. The molecule has 0 fully saturated rings. The Kier molecular flexibility index (Phi) is 7.40. The standard InChI is InChI=1S/C22H20ClFN2O4S/c23-31(29,30)19-12-10-18(11-13-19)25-22(28)20(14-15-4-2-1-3-5-15)26-21(27)16-6-8-17(24)9-7-16/h1-13,20-21,26-27H,14H2,(H,25,28)/t20-,21?/m0/s1. The predicted octanol–water partition coefficient (Wildman–Crippen LogP) is 3.58. The topological polar surface area (TPSA) is 95.5 Å². The third-order valence-electron chi connectivity index (χ3n) is 4.55. The van der Waals surface area contributed by atoms with Gasteiger partial charge in [0, 0.05) is 16.4 Å². The van der Waals surface area contributed by atoms with Crippen molar-refractivity contribution >= 4 is 31.3 Å². The number of rotatable bonds is 8. The van der Waals surface area contributed by atoms with Crippen molar-refractivity contribution in [1.82, 2.24) is 5.32 Å². The summed E-state index contributed by atoms with van der Waals surface area (Å²) in [5, 5.41) is 16.1. The van der Waals surface area contributed by atoms with Gasteiger partial charge in [-0.3, -0.25) is 10.1 Å². The van der Waals surface area contributed by atoms with Gasteiger partial charge in [-0.15, -0.1) is 0 Å². The molecule has 0 spiro atoms. The van der Waals surface area contributed by atoms with Crippen molar-refractivity contribution in [3.05, 3.63) is 95.8 Å². The van der Waals surface area contributed by atoms with E-state index in [1.807, 2.05) is 30.3 Å². The number of hydrogen-bond donors (Lipinski definition) is 3. The smallest absolute Gasteiger partial charge is 0.261 e. The normalized spacial score (nSPS) is 13.4. The minimum absolute atomic E-state index is 0.0853. The van der Waals surface area contributed by atoms with Crippen LogP contribution in [0.4, 0.5) is 10.1 Å². The molecule has 3 aromatic carbocycles. The molecule has 3 aromatic rings. The number of aliphatic hydroxyl groups excluding tert-OH is 1. The maximum Gasteiger partial charge on any atom is 0.261 e. The fourth-order valence-corrected chi connectivity index (χ4v) is 3.71. The third-order valence-corrected chi connectivity index (χ3v) is 5.92. The molecule has 0 bridgehead atoms. The van der Waals surface area contributed by atoms with E-state index >= 15 is 0 Å². The van der Waals surface area contributed by atoms with Crippen LogP contribution in [0.25, 0.3) is 0 Å². The van der Waals surface area contributed by atoms with Crippen molar-refractivity contribution < 1.29 is 22.7 Å². The van der Waals surface area contributed by atoms with Crippen molar-refractivity contribution in [3.8, 4) is 0 Å². The van der Waals surface area contributed by atoms with E-state index in [4.69, 9.17) is 10.7 Å². The van der Waals surface area contributed by atoms with Crippen LogP contribution in [0, 0.1) is 5.82 Å². The first-order valence-corrected chi connectivity index (χ1v) is 11.6. The number of nitrogens with one attached hydrogen (secondary N) is 2. The zero-order valence-corrected chi connectivity index (χ0v) is 17.8. The summed E-state index contributed by atoms with van der Waals surface area (Å²) in [6.07, 6.45) is -0.928. The van der Waals surface area contributed by atoms with Crippen molar-refractivity contribution in [2.24, 2.45) is 0 Å². The van der Waals surface area contributed by atoms with Crippen LogP contribution in [0.15, 0.2) is 83.8 Å². The Morgan fingerprint density at radius 3 is 2.16 bits per heavy atom. The Morgan fingerprint density at radius 2 is 1.58 bits per heavy atom. The van der Waals surface area contributed by atoms with Crippen molar-refractivity contribution in [2.45, 2.75) is 23.6 Å². The van der Waals surface area contributed by atoms with E-state index in [1.54, 1.807) is 0 Å². The van der Waals surface area contributed by atoms with Crippen molar-refractivity contribution in [3.63, 3.8) is 0 Å². The van der Waals surface area contributed by atoms with Crippen LogP contribution in [0.5, 0.6) is 0 Å². The quantitative estimate of drug-likeness (QED) is 0.351. The summed E-state index contributed by atoms with van der Waals surface area (Å²) in [6, 6.07) is 19.1. The fourth-order valence-electron chi connectivity index (χ4n) is 2.94. The van der Waals surface area contributed by atoms with Gasteiger partial charge < -0.3 is 10.4 Å². The zero-order valence-electron chi connectivity index (χ0n) is 16.2. The van der Waals surface area contributed by atoms with E-state index in [1.165, 1.54) is 48.5 Å². The van der Waals surface area contributed by atoms with E-state index in [9.17, 15) is 22.7 Å². The molecule has 3 rings (SSSR count). The van der Waals surface area contributed by atoms with Gasteiger partial charge in [0.2, 0.25) is 5.91 Å². The summed E-state index contributed by atoms with van der Waals surface area (Å²) in [4.78, 5) is 12.8. The lowest BCUT2D eigenvalue weighted by Gasteiger charge is -2.22. The molecule has 0 radical (unpaired) electrons. The molecule has 6 nitrogen and oxygen atoms in total. The van der Waals surface area contributed by atoms with Gasteiger partial charge in [0.25, 0.3) is 9.05 Å². The first kappa shape index (κ1) is 22.9. The molecule has 0 aromatic heterocycles. The number of hydrogen-bond acceptors (Lipinski definition) is 5. The van der Waals surface area contributed by atoms with E-state index in [2.05, 4.69) is 10.6 Å². The van der Waals surface area contributed by atoms with Crippen LogP contribution in [0.2, 0.25) is 0 Å². The molecule has 162 valence electrons. The predicted molar refractivity (Wildman–Crippen MR) is 117 cm³/mol. The molecule has 1 unspecified atom stereocenters. The summed E-state index contributed by atoms with van der Waals surface area (Å²) in [5.74, 6) is -0.872. The van der Waals surface area contributed by atoms with Gasteiger partial charge in [-0.25, -0.2) is 12.8 Å². The number of halogens is 2. The van der Waals surface area contributed by atoms with Crippen molar-refractivity contribution in [1.29, 1.82) is 0 Å². The lowest BCUT2D eigenvalue weighted by molar-refractivity contribution is -0.119. The maximum absolute atomic E-state index is 13.2. The molecule has 0 aliphatic carbocycles. The van der Waals surface area contributed by atoms with Crippen molar-refractivity contribution in [2.75, 3.05) is 5.32 Å². The SMILES string of the molecule is O=C(Nc1ccc(S(=O)(=O)Cl)cc1)[C@H](Cc1ccccc1)NC(O)c1ccc(F)cc1. The van der Waals surface area contributed by atoms with Gasteiger partial charge in [-0.1, -0.05) is 42.5 Å². The molecule has 1 amide bonds. The van der Waals surface area contributed by atoms with Crippen LogP contribution >= 0.6 is 10.7 Å².